The van der Waals surface area contributed by atoms with Crippen LogP contribution in [0, 0.1) is 5.92 Å². The molecule has 0 atom stereocenters. The molecule has 0 saturated heterocycles. The number of benzene rings is 1. The summed E-state index contributed by atoms with van der Waals surface area (Å²) >= 11 is 0. The van der Waals surface area contributed by atoms with E-state index in [1.165, 1.54) is 0 Å². The van der Waals surface area contributed by atoms with Gasteiger partial charge in [0, 0.05) is 5.56 Å². The van der Waals surface area contributed by atoms with E-state index in [0.29, 0.717) is 49.0 Å². The highest BCUT2D eigenvalue weighted by Crippen LogP contribution is 2.34. The number of carbonyl (C=O) groups is 2. The van der Waals surface area contributed by atoms with E-state index >= 15 is 0 Å². The fourth-order valence-electron chi connectivity index (χ4n) is 3.12. The van der Waals surface area contributed by atoms with E-state index in [2.05, 4.69) is 12.2 Å². The summed E-state index contributed by atoms with van der Waals surface area (Å²) < 4.78 is 10.9. The van der Waals surface area contributed by atoms with Crippen LogP contribution in [-0.2, 0) is 4.79 Å². The molecule has 0 radical (unpaired) electrons. The van der Waals surface area contributed by atoms with Crippen LogP contribution in [0.15, 0.2) is 18.2 Å². The Bertz CT molecular complexity index is 619. The van der Waals surface area contributed by atoms with Gasteiger partial charge in [-0.05, 0) is 49.8 Å². The third kappa shape index (κ3) is 3.11. The van der Waals surface area contributed by atoms with Gasteiger partial charge < -0.3 is 19.9 Å². The zero-order valence-electron chi connectivity index (χ0n) is 13.1. The van der Waals surface area contributed by atoms with E-state index < -0.39 is 11.5 Å². The van der Waals surface area contributed by atoms with Gasteiger partial charge in [-0.25, -0.2) is 4.79 Å². The van der Waals surface area contributed by atoms with Crippen molar-refractivity contribution in [2.75, 3.05) is 13.2 Å². The number of ether oxygens (including phenoxy) is 2. The Balaban J connectivity index is 1.78. The molecule has 1 aromatic carbocycles. The predicted octanol–water partition coefficient (Wildman–Crippen LogP) is 2.22. The van der Waals surface area contributed by atoms with Crippen LogP contribution in [0.4, 0.5) is 0 Å². The fraction of sp³-hybridized carbons (Fsp3) is 0.529. The van der Waals surface area contributed by atoms with E-state index in [1.54, 1.807) is 18.2 Å². The van der Waals surface area contributed by atoms with Crippen LogP contribution >= 0.6 is 0 Å². The number of rotatable bonds is 3. The molecule has 6 heteroatoms. The minimum Gasteiger partial charge on any atom is -0.486 e. The number of amides is 1. The standard InChI is InChI=1S/C17H21NO5/c1-11-4-6-17(7-5-11,16(20)21)18-15(19)12-2-3-13-14(10-12)23-9-8-22-13/h2-3,10-11H,4-9H2,1H3,(H,18,19)(H,20,21). The topological polar surface area (TPSA) is 84.9 Å². The van der Waals surface area contributed by atoms with E-state index in [1.807, 2.05) is 0 Å². The molecule has 23 heavy (non-hydrogen) atoms. The second kappa shape index (κ2) is 6.10. The second-order valence-electron chi connectivity index (χ2n) is 6.38. The van der Waals surface area contributed by atoms with Crippen molar-refractivity contribution in [2.24, 2.45) is 5.92 Å². The highest BCUT2D eigenvalue weighted by atomic mass is 16.6. The van der Waals surface area contributed by atoms with Crippen LogP contribution in [0.2, 0.25) is 0 Å². The highest BCUT2D eigenvalue weighted by Gasteiger charge is 2.42. The first-order valence-corrected chi connectivity index (χ1v) is 7.96. The lowest BCUT2D eigenvalue weighted by Crippen LogP contribution is -2.56. The predicted molar refractivity (Wildman–Crippen MR) is 82.9 cm³/mol. The lowest BCUT2D eigenvalue weighted by molar-refractivity contribution is -0.146. The van der Waals surface area contributed by atoms with Crippen molar-refractivity contribution in [1.29, 1.82) is 0 Å². The van der Waals surface area contributed by atoms with Crippen LogP contribution in [-0.4, -0.2) is 35.7 Å². The normalized spacial score (nSPS) is 26.4. The van der Waals surface area contributed by atoms with Gasteiger partial charge >= 0.3 is 5.97 Å². The van der Waals surface area contributed by atoms with E-state index in [0.717, 1.165) is 12.8 Å². The number of carboxylic acids is 1. The first-order valence-electron chi connectivity index (χ1n) is 7.96. The summed E-state index contributed by atoms with van der Waals surface area (Å²) in [5.74, 6) is 0.265. The van der Waals surface area contributed by atoms with Crippen molar-refractivity contribution < 1.29 is 24.2 Å². The average Bonchev–Trinajstić information content (AvgIpc) is 2.56. The van der Waals surface area contributed by atoms with Gasteiger partial charge in [-0.2, -0.15) is 0 Å². The van der Waals surface area contributed by atoms with E-state index in [-0.39, 0.29) is 5.91 Å². The Kier molecular flexibility index (Phi) is 4.15. The zero-order chi connectivity index (χ0) is 16.4. The number of carboxylic acid groups (broad SMARTS) is 1. The highest BCUT2D eigenvalue weighted by molar-refractivity contribution is 5.98. The first-order chi connectivity index (χ1) is 11.0. The summed E-state index contributed by atoms with van der Waals surface area (Å²) in [6.45, 7) is 3.03. The van der Waals surface area contributed by atoms with Gasteiger partial charge in [-0.1, -0.05) is 6.92 Å². The van der Waals surface area contributed by atoms with E-state index in [4.69, 9.17) is 9.47 Å². The summed E-state index contributed by atoms with van der Waals surface area (Å²) in [5, 5.41) is 12.3. The van der Waals surface area contributed by atoms with Crippen molar-refractivity contribution in [3.8, 4) is 11.5 Å². The molecule has 1 aliphatic carbocycles. The SMILES string of the molecule is CC1CCC(NC(=O)c2ccc3c(c2)OCCO3)(C(=O)O)CC1. The first kappa shape index (κ1) is 15.6. The van der Waals surface area contributed by atoms with Gasteiger partial charge in [0.1, 0.15) is 18.8 Å². The molecule has 2 aliphatic rings. The molecular weight excluding hydrogens is 298 g/mol. The van der Waals surface area contributed by atoms with Crippen molar-refractivity contribution >= 4 is 11.9 Å². The van der Waals surface area contributed by atoms with Gasteiger partial charge in [0.15, 0.2) is 11.5 Å². The molecule has 0 bridgehead atoms. The number of nitrogens with one attached hydrogen (secondary N) is 1. The largest absolute Gasteiger partial charge is 0.486 e. The van der Waals surface area contributed by atoms with Gasteiger partial charge in [0.25, 0.3) is 5.91 Å². The maximum atomic E-state index is 12.5. The smallest absolute Gasteiger partial charge is 0.329 e. The number of fused-ring (bicyclic) bond motifs is 1. The van der Waals surface area contributed by atoms with E-state index in [9.17, 15) is 14.7 Å². The van der Waals surface area contributed by atoms with Gasteiger partial charge in [-0.3, -0.25) is 4.79 Å². The summed E-state index contributed by atoms with van der Waals surface area (Å²) in [7, 11) is 0. The third-order valence-electron chi connectivity index (χ3n) is 4.69. The van der Waals surface area contributed by atoms with Crippen molar-refractivity contribution in [3.63, 3.8) is 0 Å². The molecule has 1 heterocycles. The Morgan fingerprint density at radius 1 is 1.17 bits per heavy atom. The molecular formula is C17H21NO5. The third-order valence-corrected chi connectivity index (χ3v) is 4.69. The molecule has 6 nitrogen and oxygen atoms in total. The van der Waals surface area contributed by atoms with Crippen molar-refractivity contribution in [3.05, 3.63) is 23.8 Å². The number of carbonyl (C=O) groups excluding carboxylic acids is 1. The van der Waals surface area contributed by atoms with Crippen molar-refractivity contribution in [1.82, 2.24) is 5.32 Å². The Morgan fingerprint density at radius 2 is 1.83 bits per heavy atom. The minimum absolute atomic E-state index is 0.383. The monoisotopic (exact) mass is 319 g/mol. The molecule has 0 unspecified atom stereocenters. The molecule has 124 valence electrons. The minimum atomic E-state index is -1.17. The molecule has 2 N–H and O–H groups in total. The van der Waals surface area contributed by atoms with Gasteiger partial charge in [0.05, 0.1) is 0 Å². The maximum absolute atomic E-state index is 12.5. The van der Waals surface area contributed by atoms with Crippen LogP contribution < -0.4 is 14.8 Å². The Labute approximate surface area is 134 Å². The number of aliphatic carboxylic acids is 1. The molecule has 1 fully saturated rings. The Hall–Kier alpha value is -2.24. The molecule has 1 aromatic rings. The summed E-state index contributed by atoms with van der Waals surface area (Å²) in [6, 6.07) is 4.91. The molecule has 1 aliphatic heterocycles. The summed E-state index contributed by atoms with van der Waals surface area (Å²) in [6.07, 6.45) is 2.51. The Morgan fingerprint density at radius 3 is 2.48 bits per heavy atom. The van der Waals surface area contributed by atoms with Gasteiger partial charge in [-0.15, -0.1) is 0 Å². The second-order valence-corrected chi connectivity index (χ2v) is 6.38. The summed E-state index contributed by atoms with van der Waals surface area (Å²) in [5.41, 5.74) is -0.787. The number of hydrogen-bond acceptors (Lipinski definition) is 4. The van der Waals surface area contributed by atoms with Crippen LogP contribution in [0.25, 0.3) is 0 Å². The number of hydrogen-bond donors (Lipinski definition) is 2. The van der Waals surface area contributed by atoms with Gasteiger partial charge in [0.2, 0.25) is 0 Å². The van der Waals surface area contributed by atoms with Crippen LogP contribution in [0.1, 0.15) is 43.0 Å². The molecule has 1 saturated carbocycles. The average molecular weight is 319 g/mol. The quantitative estimate of drug-likeness (QED) is 0.892. The molecule has 1 amide bonds. The van der Waals surface area contributed by atoms with Crippen molar-refractivity contribution in [2.45, 2.75) is 38.1 Å². The lowest BCUT2D eigenvalue weighted by atomic mass is 9.77. The molecule has 3 rings (SSSR count). The molecule has 0 aromatic heterocycles. The summed E-state index contributed by atoms with van der Waals surface area (Å²) in [4.78, 5) is 24.2. The van der Waals surface area contributed by atoms with Crippen LogP contribution in [0.5, 0.6) is 11.5 Å². The fourth-order valence-corrected chi connectivity index (χ4v) is 3.12. The lowest BCUT2D eigenvalue weighted by Gasteiger charge is -2.36. The van der Waals surface area contributed by atoms with Crippen LogP contribution in [0.3, 0.4) is 0 Å². The zero-order valence-corrected chi connectivity index (χ0v) is 13.1. The maximum Gasteiger partial charge on any atom is 0.329 e. The molecule has 0 spiro atoms.